The van der Waals surface area contributed by atoms with Gasteiger partial charge in [0.1, 0.15) is 0 Å². The number of aryl methyl sites for hydroxylation is 1. The molecule has 1 heterocycles. The lowest BCUT2D eigenvalue weighted by atomic mass is 10.1. The van der Waals surface area contributed by atoms with Crippen LogP contribution in [-0.4, -0.2) is 0 Å². The highest BCUT2D eigenvalue weighted by molar-refractivity contribution is 7.13. The van der Waals surface area contributed by atoms with E-state index in [4.69, 9.17) is 0 Å². The second-order valence-electron chi connectivity index (χ2n) is 3.03. The van der Waals surface area contributed by atoms with E-state index in [1.54, 1.807) is 11.3 Å². The molecule has 0 spiro atoms. The van der Waals surface area contributed by atoms with E-state index in [2.05, 4.69) is 48.7 Å². The first-order chi connectivity index (χ1) is 6.40. The molecule has 0 saturated heterocycles. The van der Waals surface area contributed by atoms with Gasteiger partial charge in [0.15, 0.2) is 0 Å². The maximum Gasteiger partial charge on any atom is 0.0342 e. The van der Waals surface area contributed by atoms with Crippen molar-refractivity contribution in [2.24, 2.45) is 0 Å². The molecule has 2 rings (SSSR count). The fourth-order valence-electron chi connectivity index (χ4n) is 1.39. The van der Waals surface area contributed by atoms with E-state index in [0.29, 0.717) is 0 Å². The van der Waals surface area contributed by atoms with Crippen molar-refractivity contribution in [3.63, 3.8) is 0 Å². The maximum atomic E-state index is 2.27. The quantitative estimate of drug-likeness (QED) is 0.668. The minimum absolute atomic E-state index is 1.11. The normalized spacial score (nSPS) is 10.2. The number of benzene rings is 1. The average molecular weight is 188 g/mol. The van der Waals surface area contributed by atoms with Gasteiger partial charge in [0, 0.05) is 4.88 Å². The molecule has 2 aromatic rings. The van der Waals surface area contributed by atoms with Crippen molar-refractivity contribution in [3.8, 4) is 10.4 Å². The molecule has 13 heavy (non-hydrogen) atoms. The fraction of sp³-hybridized carbons (Fsp3) is 0.167. The first kappa shape index (κ1) is 8.52. The van der Waals surface area contributed by atoms with Crippen LogP contribution in [0.4, 0.5) is 0 Å². The number of rotatable bonds is 2. The van der Waals surface area contributed by atoms with Gasteiger partial charge >= 0.3 is 0 Å². The number of hydrogen-bond acceptors (Lipinski definition) is 1. The summed E-state index contributed by atoms with van der Waals surface area (Å²) in [5, 5.41) is 2.12. The van der Waals surface area contributed by atoms with Gasteiger partial charge in [-0.1, -0.05) is 37.3 Å². The van der Waals surface area contributed by atoms with Crippen molar-refractivity contribution in [1.29, 1.82) is 0 Å². The Kier molecular flexibility index (Phi) is 2.46. The predicted molar refractivity (Wildman–Crippen MR) is 59.1 cm³/mol. The van der Waals surface area contributed by atoms with Crippen molar-refractivity contribution < 1.29 is 0 Å². The van der Waals surface area contributed by atoms with Crippen molar-refractivity contribution in [3.05, 3.63) is 47.3 Å². The smallest absolute Gasteiger partial charge is 0.0342 e. The van der Waals surface area contributed by atoms with Crippen LogP contribution < -0.4 is 0 Å². The Balaban J connectivity index is 2.41. The SMILES string of the molecule is CCc1cccc(-c2cccs2)c1. The molecule has 0 atom stereocenters. The zero-order chi connectivity index (χ0) is 9.10. The Morgan fingerprint density at radius 3 is 2.77 bits per heavy atom. The van der Waals surface area contributed by atoms with Crippen LogP contribution in [0.15, 0.2) is 41.8 Å². The van der Waals surface area contributed by atoms with Gasteiger partial charge in [-0.25, -0.2) is 0 Å². The second kappa shape index (κ2) is 3.75. The second-order valence-corrected chi connectivity index (χ2v) is 3.98. The molecule has 0 aliphatic carbocycles. The van der Waals surface area contributed by atoms with Crippen LogP contribution in [0, 0.1) is 0 Å². The molecule has 0 aliphatic rings. The third-order valence-electron chi connectivity index (χ3n) is 2.14. The van der Waals surface area contributed by atoms with Crippen molar-refractivity contribution in [1.82, 2.24) is 0 Å². The molecule has 1 aromatic heterocycles. The summed E-state index contributed by atoms with van der Waals surface area (Å²) in [7, 11) is 0. The molecule has 0 aliphatic heterocycles. The van der Waals surface area contributed by atoms with Gasteiger partial charge in [-0.3, -0.25) is 0 Å². The average Bonchev–Trinajstić information content (AvgIpc) is 2.71. The van der Waals surface area contributed by atoms with Crippen LogP contribution in [0.1, 0.15) is 12.5 Å². The highest BCUT2D eigenvalue weighted by atomic mass is 32.1. The monoisotopic (exact) mass is 188 g/mol. The Labute approximate surface area is 82.9 Å². The zero-order valence-electron chi connectivity index (χ0n) is 7.66. The van der Waals surface area contributed by atoms with Gasteiger partial charge < -0.3 is 0 Å². The minimum Gasteiger partial charge on any atom is -0.144 e. The third kappa shape index (κ3) is 1.81. The molecule has 0 saturated carbocycles. The molecular weight excluding hydrogens is 176 g/mol. The molecule has 0 unspecified atom stereocenters. The maximum absolute atomic E-state index is 2.27. The van der Waals surface area contributed by atoms with Crippen molar-refractivity contribution in [2.45, 2.75) is 13.3 Å². The molecule has 1 heteroatoms. The Bertz CT molecular complexity index is 374. The van der Waals surface area contributed by atoms with Crippen molar-refractivity contribution >= 4 is 11.3 Å². The Morgan fingerprint density at radius 2 is 2.08 bits per heavy atom. The summed E-state index contributed by atoms with van der Waals surface area (Å²) in [6.07, 6.45) is 1.11. The Hall–Kier alpha value is -1.08. The van der Waals surface area contributed by atoms with Crippen LogP contribution in [0.3, 0.4) is 0 Å². The lowest BCUT2D eigenvalue weighted by Gasteiger charge is -2.00. The summed E-state index contributed by atoms with van der Waals surface area (Å²) in [5.74, 6) is 0. The van der Waals surface area contributed by atoms with Crippen LogP contribution in [0.25, 0.3) is 10.4 Å². The first-order valence-corrected chi connectivity index (χ1v) is 5.41. The lowest BCUT2D eigenvalue weighted by Crippen LogP contribution is -1.79. The van der Waals surface area contributed by atoms with E-state index in [1.165, 1.54) is 16.0 Å². The summed E-state index contributed by atoms with van der Waals surface area (Å²) in [6, 6.07) is 13.0. The first-order valence-electron chi connectivity index (χ1n) is 4.53. The predicted octanol–water partition coefficient (Wildman–Crippen LogP) is 3.98. The topological polar surface area (TPSA) is 0 Å². The van der Waals surface area contributed by atoms with Crippen LogP contribution in [0.5, 0.6) is 0 Å². The van der Waals surface area contributed by atoms with E-state index in [9.17, 15) is 0 Å². The molecule has 0 amide bonds. The third-order valence-corrected chi connectivity index (χ3v) is 3.06. The molecule has 0 N–H and O–H groups in total. The van der Waals surface area contributed by atoms with E-state index in [0.717, 1.165) is 6.42 Å². The Morgan fingerprint density at radius 1 is 1.15 bits per heavy atom. The van der Waals surface area contributed by atoms with Crippen LogP contribution in [-0.2, 0) is 6.42 Å². The number of hydrogen-bond donors (Lipinski definition) is 0. The van der Waals surface area contributed by atoms with Crippen LogP contribution >= 0.6 is 11.3 Å². The van der Waals surface area contributed by atoms with Crippen molar-refractivity contribution in [2.75, 3.05) is 0 Å². The van der Waals surface area contributed by atoms with E-state index in [-0.39, 0.29) is 0 Å². The lowest BCUT2D eigenvalue weighted by molar-refractivity contribution is 1.14. The van der Waals surface area contributed by atoms with E-state index >= 15 is 0 Å². The molecule has 0 radical (unpaired) electrons. The van der Waals surface area contributed by atoms with Gasteiger partial charge in [-0.2, -0.15) is 0 Å². The van der Waals surface area contributed by atoms with Crippen LogP contribution in [0.2, 0.25) is 0 Å². The summed E-state index contributed by atoms with van der Waals surface area (Å²) in [6.45, 7) is 2.19. The largest absolute Gasteiger partial charge is 0.144 e. The summed E-state index contributed by atoms with van der Waals surface area (Å²) in [5.41, 5.74) is 2.75. The summed E-state index contributed by atoms with van der Waals surface area (Å²) in [4.78, 5) is 1.36. The van der Waals surface area contributed by atoms with Gasteiger partial charge in [0.25, 0.3) is 0 Å². The summed E-state index contributed by atoms with van der Waals surface area (Å²) < 4.78 is 0. The van der Waals surface area contributed by atoms with Gasteiger partial charge in [0.05, 0.1) is 0 Å². The molecule has 0 fully saturated rings. The van der Waals surface area contributed by atoms with Gasteiger partial charge in [-0.05, 0) is 29.0 Å². The van der Waals surface area contributed by atoms with E-state index in [1.807, 2.05) is 0 Å². The molecular formula is C12H12S. The molecule has 0 bridgehead atoms. The van der Waals surface area contributed by atoms with Gasteiger partial charge in [0.2, 0.25) is 0 Å². The highest BCUT2D eigenvalue weighted by Crippen LogP contribution is 2.25. The molecule has 0 nitrogen and oxygen atoms in total. The minimum atomic E-state index is 1.11. The highest BCUT2D eigenvalue weighted by Gasteiger charge is 1.97. The van der Waals surface area contributed by atoms with Gasteiger partial charge in [-0.15, -0.1) is 11.3 Å². The standard InChI is InChI=1S/C12H12S/c1-2-10-5-3-6-11(9-10)12-7-4-8-13-12/h3-9H,2H2,1H3. The van der Waals surface area contributed by atoms with E-state index < -0.39 is 0 Å². The number of thiophene rings is 1. The summed E-state index contributed by atoms with van der Waals surface area (Å²) >= 11 is 1.80. The molecule has 66 valence electrons. The fourth-order valence-corrected chi connectivity index (χ4v) is 2.11. The molecule has 1 aromatic carbocycles. The zero-order valence-corrected chi connectivity index (χ0v) is 8.47.